The molecular weight excluding hydrogens is 320 g/mol. The molecule has 3 N–H and O–H groups in total. The molecule has 0 aliphatic carbocycles. The van der Waals surface area contributed by atoms with Gasteiger partial charge in [-0.2, -0.15) is 0 Å². The third-order valence-corrected chi connectivity index (χ3v) is 6.62. The Morgan fingerprint density at radius 2 is 2.00 bits per heavy atom. The molecule has 8 heteroatoms. The minimum Gasteiger partial charge on any atom is -0.326 e. The molecule has 0 radical (unpaired) electrons. The number of halogens is 1. The highest BCUT2D eigenvalue weighted by molar-refractivity contribution is 7.89. The van der Waals surface area contributed by atoms with Crippen molar-refractivity contribution in [1.82, 2.24) is 4.72 Å². The summed E-state index contributed by atoms with van der Waals surface area (Å²) in [6.45, 7) is 0.307. The summed E-state index contributed by atoms with van der Waals surface area (Å²) in [6, 6.07) is 4.50. The van der Waals surface area contributed by atoms with Gasteiger partial charge in [0.15, 0.2) is 0 Å². The van der Waals surface area contributed by atoms with E-state index >= 15 is 0 Å². The van der Waals surface area contributed by atoms with Gasteiger partial charge in [0.2, 0.25) is 10.0 Å². The van der Waals surface area contributed by atoms with Gasteiger partial charge in [0, 0.05) is 34.9 Å². The number of rotatable bonds is 4. The van der Waals surface area contributed by atoms with E-state index in [0.717, 1.165) is 5.56 Å². The maximum atomic E-state index is 12.3. The van der Waals surface area contributed by atoms with Crippen molar-refractivity contribution in [3.05, 3.63) is 28.8 Å². The van der Waals surface area contributed by atoms with Crippen molar-refractivity contribution in [3.63, 3.8) is 0 Å². The van der Waals surface area contributed by atoms with E-state index in [1.165, 1.54) is 6.07 Å². The average Bonchev–Trinajstić information content (AvgIpc) is 2.40. The van der Waals surface area contributed by atoms with E-state index in [-0.39, 0.29) is 16.0 Å². The molecule has 1 aliphatic rings. The van der Waals surface area contributed by atoms with E-state index in [1.54, 1.807) is 12.1 Å². The van der Waals surface area contributed by atoms with Gasteiger partial charge < -0.3 is 5.73 Å². The molecule has 1 heterocycles. The first-order valence-corrected chi connectivity index (χ1v) is 9.63. The number of nitrogens with two attached hydrogens (primary N) is 1. The highest BCUT2D eigenvalue weighted by atomic mass is 35.5. The molecule has 112 valence electrons. The van der Waals surface area contributed by atoms with Crippen molar-refractivity contribution in [2.24, 2.45) is 5.73 Å². The molecule has 0 saturated carbocycles. The van der Waals surface area contributed by atoms with Crippen LogP contribution in [0.25, 0.3) is 0 Å². The minimum atomic E-state index is -3.65. The molecule has 1 fully saturated rings. The Labute approximate surface area is 126 Å². The van der Waals surface area contributed by atoms with Crippen molar-refractivity contribution < 1.29 is 12.6 Å². The molecule has 0 atom stereocenters. The van der Waals surface area contributed by atoms with Crippen LogP contribution in [0.1, 0.15) is 18.4 Å². The molecule has 5 nitrogen and oxygen atoms in total. The second-order valence-corrected chi connectivity index (χ2v) is 8.50. The average molecular weight is 337 g/mol. The highest BCUT2D eigenvalue weighted by Gasteiger charge is 2.25. The van der Waals surface area contributed by atoms with Crippen molar-refractivity contribution >= 4 is 32.4 Å². The third kappa shape index (κ3) is 3.79. The Bertz CT molecular complexity index is 609. The van der Waals surface area contributed by atoms with Gasteiger partial charge in [-0.25, -0.2) is 13.1 Å². The lowest BCUT2D eigenvalue weighted by molar-refractivity contribution is 0.522. The molecule has 1 aromatic carbocycles. The predicted molar refractivity (Wildman–Crippen MR) is 80.6 cm³/mol. The predicted octanol–water partition coefficient (Wildman–Crippen LogP) is 0.988. The normalized spacial score (nSPS) is 23.7. The molecule has 0 amide bonds. The van der Waals surface area contributed by atoms with Crippen LogP contribution in [0.5, 0.6) is 0 Å². The van der Waals surface area contributed by atoms with Gasteiger partial charge in [-0.05, 0) is 30.5 Å². The smallest absolute Gasteiger partial charge is 0.242 e. The first-order valence-electron chi connectivity index (χ1n) is 6.28. The van der Waals surface area contributed by atoms with E-state index < -0.39 is 20.8 Å². The standard InChI is InChI=1S/C12H17ClN2O3S2/c13-11-7-9(8-14)1-2-12(11)20(17,18)15-10-3-5-19(16)6-4-10/h1-2,7,10,15H,3-6,8,14H2. The summed E-state index contributed by atoms with van der Waals surface area (Å²) in [4.78, 5) is 0.0584. The quantitative estimate of drug-likeness (QED) is 0.858. The molecular formula is C12H17ClN2O3S2. The van der Waals surface area contributed by atoms with Crippen LogP contribution in [0.3, 0.4) is 0 Å². The summed E-state index contributed by atoms with van der Waals surface area (Å²) in [6.07, 6.45) is 1.18. The van der Waals surface area contributed by atoms with Gasteiger partial charge in [-0.1, -0.05) is 17.7 Å². The van der Waals surface area contributed by atoms with Crippen LogP contribution in [0.15, 0.2) is 23.1 Å². The first-order chi connectivity index (χ1) is 9.42. The van der Waals surface area contributed by atoms with Crippen LogP contribution < -0.4 is 10.5 Å². The zero-order valence-electron chi connectivity index (χ0n) is 10.8. The van der Waals surface area contributed by atoms with Gasteiger partial charge >= 0.3 is 0 Å². The van der Waals surface area contributed by atoms with Gasteiger partial charge in [0.05, 0.1) is 5.02 Å². The molecule has 0 spiro atoms. The lowest BCUT2D eigenvalue weighted by Crippen LogP contribution is -2.39. The lowest BCUT2D eigenvalue weighted by Gasteiger charge is -2.22. The number of sulfonamides is 1. The molecule has 1 aromatic rings. The van der Waals surface area contributed by atoms with E-state index in [9.17, 15) is 12.6 Å². The second kappa shape index (κ2) is 6.53. The summed E-state index contributed by atoms with van der Waals surface area (Å²) in [7, 11) is -4.47. The molecule has 0 unspecified atom stereocenters. The first kappa shape index (κ1) is 15.9. The Kier molecular flexibility index (Phi) is 5.19. The monoisotopic (exact) mass is 336 g/mol. The zero-order chi connectivity index (χ0) is 14.8. The van der Waals surface area contributed by atoms with Crippen LogP contribution in [0, 0.1) is 0 Å². The van der Waals surface area contributed by atoms with Gasteiger partial charge in [-0.3, -0.25) is 4.21 Å². The van der Waals surface area contributed by atoms with Crippen LogP contribution >= 0.6 is 11.6 Å². The minimum absolute atomic E-state index is 0.0584. The maximum absolute atomic E-state index is 12.3. The second-order valence-electron chi connectivity index (χ2n) is 4.71. The third-order valence-electron chi connectivity index (χ3n) is 3.23. The van der Waals surface area contributed by atoms with Crippen LogP contribution in [0.2, 0.25) is 5.02 Å². The van der Waals surface area contributed by atoms with Gasteiger partial charge in [0.25, 0.3) is 0 Å². The number of nitrogens with one attached hydrogen (secondary N) is 1. The summed E-state index contributed by atoms with van der Waals surface area (Å²) in [5.74, 6) is 1.07. The molecule has 1 aliphatic heterocycles. The summed E-state index contributed by atoms with van der Waals surface area (Å²) >= 11 is 6.01. The van der Waals surface area contributed by atoms with Gasteiger partial charge in [-0.15, -0.1) is 0 Å². The largest absolute Gasteiger partial charge is 0.326 e. The van der Waals surface area contributed by atoms with E-state index in [4.69, 9.17) is 17.3 Å². The summed E-state index contributed by atoms with van der Waals surface area (Å²) in [5, 5.41) is 0.167. The fourth-order valence-electron chi connectivity index (χ4n) is 2.08. The Morgan fingerprint density at radius 1 is 1.35 bits per heavy atom. The molecule has 2 rings (SSSR count). The number of hydrogen-bond donors (Lipinski definition) is 2. The Morgan fingerprint density at radius 3 is 2.55 bits per heavy atom. The SMILES string of the molecule is NCc1ccc(S(=O)(=O)NC2CCS(=O)CC2)c(Cl)c1. The van der Waals surface area contributed by atoms with Crippen molar-refractivity contribution in [3.8, 4) is 0 Å². The summed E-state index contributed by atoms with van der Waals surface area (Å²) < 4.78 is 38.5. The fourth-order valence-corrected chi connectivity index (χ4v) is 5.25. The topological polar surface area (TPSA) is 89.3 Å². The fraction of sp³-hybridized carbons (Fsp3) is 0.500. The zero-order valence-corrected chi connectivity index (χ0v) is 13.2. The highest BCUT2D eigenvalue weighted by Crippen LogP contribution is 2.23. The van der Waals surface area contributed by atoms with E-state index in [0.29, 0.717) is 30.9 Å². The summed E-state index contributed by atoms with van der Waals surface area (Å²) in [5.41, 5.74) is 6.27. The van der Waals surface area contributed by atoms with Gasteiger partial charge in [0.1, 0.15) is 4.90 Å². The van der Waals surface area contributed by atoms with Crippen LogP contribution in [-0.4, -0.2) is 30.2 Å². The molecule has 0 aromatic heterocycles. The van der Waals surface area contributed by atoms with Crippen molar-refractivity contribution in [2.45, 2.75) is 30.3 Å². The molecule has 1 saturated heterocycles. The van der Waals surface area contributed by atoms with Crippen molar-refractivity contribution in [2.75, 3.05) is 11.5 Å². The van der Waals surface area contributed by atoms with Crippen molar-refractivity contribution in [1.29, 1.82) is 0 Å². The molecule has 0 bridgehead atoms. The maximum Gasteiger partial charge on any atom is 0.242 e. The van der Waals surface area contributed by atoms with E-state index in [2.05, 4.69) is 4.72 Å². The Hall–Kier alpha value is -0.470. The van der Waals surface area contributed by atoms with Crippen LogP contribution in [-0.2, 0) is 27.4 Å². The number of benzene rings is 1. The van der Waals surface area contributed by atoms with E-state index in [1.807, 2.05) is 0 Å². The van der Waals surface area contributed by atoms with Crippen LogP contribution in [0.4, 0.5) is 0 Å². The number of hydrogen-bond acceptors (Lipinski definition) is 4. The lowest BCUT2D eigenvalue weighted by atomic mass is 10.2. The Balaban J connectivity index is 2.16. The molecule has 20 heavy (non-hydrogen) atoms.